The van der Waals surface area contributed by atoms with E-state index in [4.69, 9.17) is 15.9 Å². The monoisotopic (exact) mass is 244 g/mol. The number of hydrogen-bond acceptors (Lipinski definition) is 5. The quantitative estimate of drug-likeness (QED) is 0.306. The van der Waals surface area contributed by atoms with Crippen molar-refractivity contribution in [2.24, 2.45) is 5.73 Å². The highest BCUT2D eigenvalue weighted by molar-refractivity contribution is 5.93. The molecule has 1 heterocycles. The lowest BCUT2D eigenvalue weighted by Gasteiger charge is -2.10. The molecule has 0 saturated carbocycles. The third-order valence-corrected chi connectivity index (χ3v) is 1.96. The maximum atomic E-state index is 11.2. The molecule has 17 heavy (non-hydrogen) atoms. The largest absolute Gasteiger partial charge is 0.480 e. The molecular weight excluding hydrogens is 232 g/mol. The number of nitrogens with two attached hydrogens (primary N) is 1. The fourth-order valence-electron chi connectivity index (χ4n) is 1.06. The molecule has 3 atom stereocenters. The second-order valence-corrected chi connectivity index (χ2v) is 3.42. The van der Waals surface area contributed by atoms with E-state index in [9.17, 15) is 14.4 Å². The standard InChI is InChI=1S/C9H12N2O6/c10-6(12)3-4(8(14)15)11-7(13)2-1-5-9(16)17-5/h1-2,4-5,9,16H,3H2,(H2,10,12)(H,11,13)(H,14,15)/b2-1+. The third-order valence-electron chi connectivity index (χ3n) is 1.96. The number of nitrogens with one attached hydrogen (secondary N) is 1. The van der Waals surface area contributed by atoms with Crippen molar-refractivity contribution < 1.29 is 29.3 Å². The summed E-state index contributed by atoms with van der Waals surface area (Å²) in [4.78, 5) is 32.4. The minimum Gasteiger partial charge on any atom is -0.480 e. The highest BCUT2D eigenvalue weighted by Crippen LogP contribution is 2.19. The molecule has 2 amide bonds. The Labute approximate surface area is 96.0 Å². The summed E-state index contributed by atoms with van der Waals surface area (Å²) in [6, 6.07) is -1.37. The van der Waals surface area contributed by atoms with Crippen LogP contribution in [0.3, 0.4) is 0 Å². The molecule has 1 aliphatic rings. The van der Waals surface area contributed by atoms with E-state index in [-0.39, 0.29) is 0 Å². The number of hydrogen-bond donors (Lipinski definition) is 4. The average molecular weight is 244 g/mol. The van der Waals surface area contributed by atoms with Gasteiger partial charge in [0.2, 0.25) is 11.8 Å². The first-order chi connectivity index (χ1) is 7.90. The van der Waals surface area contributed by atoms with Gasteiger partial charge in [-0.15, -0.1) is 0 Å². The Morgan fingerprint density at radius 1 is 1.47 bits per heavy atom. The smallest absolute Gasteiger partial charge is 0.326 e. The lowest BCUT2D eigenvalue weighted by Crippen LogP contribution is -2.42. The molecule has 0 aromatic rings. The number of carboxylic acid groups (broad SMARTS) is 1. The molecule has 5 N–H and O–H groups in total. The van der Waals surface area contributed by atoms with E-state index in [0.29, 0.717) is 0 Å². The highest BCUT2D eigenvalue weighted by atomic mass is 16.7. The predicted molar refractivity (Wildman–Crippen MR) is 53.4 cm³/mol. The molecule has 0 aromatic heterocycles. The van der Waals surface area contributed by atoms with Crippen molar-refractivity contribution in [1.29, 1.82) is 0 Å². The number of ether oxygens (including phenoxy) is 1. The summed E-state index contributed by atoms with van der Waals surface area (Å²) in [5.41, 5.74) is 4.83. The van der Waals surface area contributed by atoms with Gasteiger partial charge in [0.15, 0.2) is 6.29 Å². The van der Waals surface area contributed by atoms with Crippen LogP contribution in [-0.4, -0.2) is 46.4 Å². The number of carboxylic acids is 1. The molecule has 8 heteroatoms. The molecule has 1 saturated heterocycles. The maximum Gasteiger partial charge on any atom is 0.326 e. The number of epoxide rings is 1. The van der Waals surface area contributed by atoms with Crippen LogP contribution >= 0.6 is 0 Å². The van der Waals surface area contributed by atoms with Crippen LogP contribution in [0.2, 0.25) is 0 Å². The second-order valence-electron chi connectivity index (χ2n) is 3.42. The van der Waals surface area contributed by atoms with Gasteiger partial charge in [0.25, 0.3) is 0 Å². The number of carbonyl (C=O) groups excluding carboxylic acids is 2. The zero-order valence-electron chi connectivity index (χ0n) is 8.70. The molecule has 3 unspecified atom stereocenters. The lowest BCUT2D eigenvalue weighted by molar-refractivity contribution is -0.142. The van der Waals surface area contributed by atoms with E-state index in [0.717, 1.165) is 6.08 Å². The zero-order chi connectivity index (χ0) is 13.0. The molecule has 0 spiro atoms. The van der Waals surface area contributed by atoms with E-state index < -0.39 is 42.6 Å². The van der Waals surface area contributed by atoms with Crippen molar-refractivity contribution in [1.82, 2.24) is 5.32 Å². The molecule has 8 nitrogen and oxygen atoms in total. The van der Waals surface area contributed by atoms with Gasteiger partial charge in [-0.3, -0.25) is 9.59 Å². The summed E-state index contributed by atoms with van der Waals surface area (Å²) in [6.45, 7) is 0. The van der Waals surface area contributed by atoms with Crippen molar-refractivity contribution >= 4 is 17.8 Å². The minimum atomic E-state index is -1.37. The summed E-state index contributed by atoms with van der Waals surface area (Å²) in [6.07, 6.45) is 0.360. The SMILES string of the molecule is NC(=O)CC(NC(=O)/C=C/C1OC1O)C(=O)O. The Kier molecular flexibility index (Phi) is 4.18. The number of amides is 2. The normalized spacial score (nSPS) is 24.3. The van der Waals surface area contributed by atoms with Gasteiger partial charge in [-0.05, 0) is 6.08 Å². The number of aliphatic hydroxyl groups is 1. The summed E-state index contributed by atoms with van der Waals surface area (Å²) in [5.74, 6) is -2.89. The van der Waals surface area contributed by atoms with Crippen LogP contribution in [0.1, 0.15) is 6.42 Å². The number of aliphatic hydroxyl groups excluding tert-OH is 1. The molecule has 0 aliphatic carbocycles. The summed E-state index contributed by atoms with van der Waals surface area (Å²) in [7, 11) is 0. The Balaban J connectivity index is 2.43. The van der Waals surface area contributed by atoms with Gasteiger partial charge in [0.05, 0.1) is 6.42 Å². The first kappa shape index (κ1) is 13.1. The van der Waals surface area contributed by atoms with Gasteiger partial charge in [0.1, 0.15) is 12.1 Å². The molecule has 94 valence electrons. The van der Waals surface area contributed by atoms with E-state index in [1.54, 1.807) is 0 Å². The first-order valence-electron chi connectivity index (χ1n) is 4.73. The predicted octanol–water partition coefficient (Wildman–Crippen LogP) is -2.30. The Hall–Kier alpha value is -1.93. The minimum absolute atomic E-state index is 0.489. The van der Waals surface area contributed by atoms with Crippen LogP contribution in [0, 0.1) is 0 Å². The van der Waals surface area contributed by atoms with Crippen LogP contribution in [-0.2, 0) is 19.1 Å². The summed E-state index contributed by atoms with van der Waals surface area (Å²) >= 11 is 0. The fraction of sp³-hybridized carbons (Fsp3) is 0.444. The molecule has 1 rings (SSSR count). The van der Waals surface area contributed by atoms with Gasteiger partial charge in [-0.1, -0.05) is 0 Å². The Morgan fingerprint density at radius 3 is 2.47 bits per heavy atom. The van der Waals surface area contributed by atoms with E-state index >= 15 is 0 Å². The van der Waals surface area contributed by atoms with Gasteiger partial charge >= 0.3 is 5.97 Å². The number of carbonyl (C=O) groups is 3. The molecule has 0 radical (unpaired) electrons. The van der Waals surface area contributed by atoms with E-state index in [1.165, 1.54) is 6.08 Å². The van der Waals surface area contributed by atoms with Crippen molar-refractivity contribution in [3.05, 3.63) is 12.2 Å². The number of primary amides is 1. The van der Waals surface area contributed by atoms with Crippen molar-refractivity contribution in [3.63, 3.8) is 0 Å². The van der Waals surface area contributed by atoms with Crippen molar-refractivity contribution in [2.45, 2.75) is 24.9 Å². The zero-order valence-corrected chi connectivity index (χ0v) is 8.70. The first-order valence-corrected chi connectivity index (χ1v) is 4.73. The van der Waals surface area contributed by atoms with E-state index in [2.05, 4.69) is 10.1 Å². The van der Waals surface area contributed by atoms with E-state index in [1.807, 2.05) is 0 Å². The molecule has 1 aliphatic heterocycles. The maximum absolute atomic E-state index is 11.2. The summed E-state index contributed by atoms with van der Waals surface area (Å²) < 4.78 is 4.58. The van der Waals surface area contributed by atoms with Crippen LogP contribution in [0.15, 0.2) is 12.2 Å². The second kappa shape index (κ2) is 5.41. The molecular formula is C9H12N2O6. The topological polar surface area (TPSA) is 142 Å². The highest BCUT2D eigenvalue weighted by Gasteiger charge is 2.34. The van der Waals surface area contributed by atoms with Gasteiger partial charge in [-0.25, -0.2) is 4.79 Å². The number of rotatable bonds is 6. The van der Waals surface area contributed by atoms with Gasteiger partial charge in [-0.2, -0.15) is 0 Å². The van der Waals surface area contributed by atoms with Crippen LogP contribution in [0.25, 0.3) is 0 Å². The number of aliphatic carboxylic acids is 1. The van der Waals surface area contributed by atoms with Crippen LogP contribution < -0.4 is 11.1 Å². The van der Waals surface area contributed by atoms with Crippen LogP contribution in [0.4, 0.5) is 0 Å². The summed E-state index contributed by atoms with van der Waals surface area (Å²) in [5, 5.41) is 19.5. The molecule has 0 bridgehead atoms. The fourth-order valence-corrected chi connectivity index (χ4v) is 1.06. The van der Waals surface area contributed by atoms with Gasteiger partial charge < -0.3 is 26.0 Å². The third kappa shape index (κ3) is 4.62. The van der Waals surface area contributed by atoms with Crippen molar-refractivity contribution in [2.75, 3.05) is 0 Å². The van der Waals surface area contributed by atoms with Gasteiger partial charge in [0, 0.05) is 6.08 Å². The van der Waals surface area contributed by atoms with Crippen LogP contribution in [0.5, 0.6) is 0 Å². The van der Waals surface area contributed by atoms with Crippen molar-refractivity contribution in [3.8, 4) is 0 Å². The lowest BCUT2D eigenvalue weighted by atomic mass is 10.2. The Morgan fingerprint density at radius 2 is 2.06 bits per heavy atom. The average Bonchev–Trinajstić information content (AvgIpc) is 2.90. The molecule has 0 aromatic carbocycles. The Bertz CT molecular complexity index is 366. The molecule has 1 fully saturated rings.